The summed E-state index contributed by atoms with van der Waals surface area (Å²) in [4.78, 5) is 16.4. The van der Waals surface area contributed by atoms with Crippen LogP contribution in [0.2, 0.25) is 0 Å². The van der Waals surface area contributed by atoms with E-state index in [1.165, 1.54) is 13.2 Å². The van der Waals surface area contributed by atoms with Gasteiger partial charge in [0.2, 0.25) is 5.91 Å². The van der Waals surface area contributed by atoms with Crippen LogP contribution in [0.15, 0.2) is 18.2 Å². The highest BCUT2D eigenvalue weighted by Gasteiger charge is 2.21. The van der Waals surface area contributed by atoms with Crippen molar-refractivity contribution in [3.8, 4) is 5.75 Å². The minimum Gasteiger partial charge on any atom is -0.494 e. The molecular formula is C19H30FN3O2. The van der Waals surface area contributed by atoms with Crippen LogP contribution in [-0.4, -0.2) is 61.6 Å². The average molecular weight is 351 g/mol. The second-order valence-electron chi connectivity index (χ2n) is 7.10. The average Bonchev–Trinajstić information content (AvgIpc) is 2.56. The van der Waals surface area contributed by atoms with E-state index in [-0.39, 0.29) is 23.5 Å². The number of likely N-dealkylation sites (N-methyl/N-ethyl adjacent to an activating group) is 1. The van der Waals surface area contributed by atoms with Crippen LogP contribution in [0.25, 0.3) is 0 Å². The molecule has 0 radical (unpaired) electrons. The molecule has 0 aliphatic carbocycles. The number of benzene rings is 1. The molecule has 0 atom stereocenters. The molecule has 1 amide bonds. The summed E-state index contributed by atoms with van der Waals surface area (Å²) in [7, 11) is 3.43. The number of hydrogen-bond donors (Lipinski definition) is 1. The molecule has 0 spiro atoms. The molecule has 0 saturated carbocycles. The molecule has 1 saturated heterocycles. The van der Waals surface area contributed by atoms with Crippen LogP contribution in [-0.2, 0) is 11.3 Å². The van der Waals surface area contributed by atoms with Gasteiger partial charge in [0.05, 0.1) is 13.7 Å². The molecule has 1 heterocycles. The first kappa shape index (κ1) is 19.7. The van der Waals surface area contributed by atoms with Crippen LogP contribution in [0, 0.1) is 5.82 Å². The van der Waals surface area contributed by atoms with Crippen molar-refractivity contribution in [2.75, 3.05) is 33.8 Å². The fourth-order valence-corrected chi connectivity index (χ4v) is 2.98. The Morgan fingerprint density at radius 2 is 2.08 bits per heavy atom. The number of ether oxygens (including phenoxy) is 1. The van der Waals surface area contributed by atoms with E-state index in [2.05, 4.69) is 24.1 Å². The zero-order valence-corrected chi connectivity index (χ0v) is 15.7. The zero-order chi connectivity index (χ0) is 18.4. The van der Waals surface area contributed by atoms with E-state index in [9.17, 15) is 9.18 Å². The summed E-state index contributed by atoms with van der Waals surface area (Å²) in [6.07, 6.45) is 1.85. The first-order chi connectivity index (χ1) is 11.9. The Labute approximate surface area is 150 Å². The maximum atomic E-state index is 13.8. The first-order valence-corrected chi connectivity index (χ1v) is 8.93. The lowest BCUT2D eigenvalue weighted by Gasteiger charge is -2.33. The highest BCUT2D eigenvalue weighted by Crippen LogP contribution is 2.20. The van der Waals surface area contributed by atoms with Crippen LogP contribution in [0.3, 0.4) is 0 Å². The van der Waals surface area contributed by atoms with Gasteiger partial charge in [-0.1, -0.05) is 6.07 Å². The second-order valence-corrected chi connectivity index (χ2v) is 7.10. The van der Waals surface area contributed by atoms with E-state index in [1.54, 1.807) is 6.07 Å². The van der Waals surface area contributed by atoms with Crippen LogP contribution < -0.4 is 10.1 Å². The largest absolute Gasteiger partial charge is 0.494 e. The number of nitrogens with one attached hydrogen (secondary N) is 1. The Kier molecular flexibility index (Phi) is 7.20. The summed E-state index contributed by atoms with van der Waals surface area (Å²) in [5.41, 5.74) is 0.944. The first-order valence-electron chi connectivity index (χ1n) is 8.93. The van der Waals surface area contributed by atoms with Crippen LogP contribution >= 0.6 is 0 Å². The molecule has 1 fully saturated rings. The zero-order valence-electron chi connectivity index (χ0n) is 15.7. The Morgan fingerprint density at radius 1 is 1.40 bits per heavy atom. The topological polar surface area (TPSA) is 44.8 Å². The molecule has 140 valence electrons. The highest BCUT2D eigenvalue weighted by molar-refractivity contribution is 5.78. The Hall–Kier alpha value is -1.66. The predicted octanol–water partition coefficient (Wildman–Crippen LogP) is 2.26. The maximum Gasteiger partial charge on any atom is 0.234 e. The molecular weight excluding hydrogens is 321 g/mol. The van der Waals surface area contributed by atoms with Crippen molar-refractivity contribution in [3.05, 3.63) is 29.6 Å². The molecule has 0 unspecified atom stereocenters. The number of piperidine rings is 1. The van der Waals surface area contributed by atoms with E-state index < -0.39 is 0 Å². The summed E-state index contributed by atoms with van der Waals surface area (Å²) in [5, 5.41) is 3.13. The summed E-state index contributed by atoms with van der Waals surface area (Å²) < 4.78 is 18.7. The van der Waals surface area contributed by atoms with Gasteiger partial charge in [-0.05, 0) is 51.4 Å². The molecule has 1 aromatic rings. The quantitative estimate of drug-likeness (QED) is 0.818. The summed E-state index contributed by atoms with van der Waals surface area (Å²) in [6, 6.07) is 5.70. The number of amides is 1. The van der Waals surface area contributed by atoms with Gasteiger partial charge in [-0.15, -0.1) is 0 Å². The monoisotopic (exact) mass is 351 g/mol. The lowest BCUT2D eigenvalue weighted by molar-refractivity contribution is -0.123. The Bertz CT molecular complexity index is 572. The number of carbonyl (C=O) groups excluding carboxylic acids is 1. The van der Waals surface area contributed by atoms with E-state index in [0.29, 0.717) is 12.6 Å². The van der Waals surface area contributed by atoms with E-state index in [1.807, 2.05) is 18.0 Å². The van der Waals surface area contributed by atoms with Crippen LogP contribution in [0.1, 0.15) is 32.3 Å². The number of hydrogen-bond acceptors (Lipinski definition) is 4. The minimum absolute atomic E-state index is 0.0897. The van der Waals surface area contributed by atoms with Crippen molar-refractivity contribution in [3.63, 3.8) is 0 Å². The van der Waals surface area contributed by atoms with Gasteiger partial charge in [-0.25, -0.2) is 4.39 Å². The molecule has 1 N–H and O–H groups in total. The van der Waals surface area contributed by atoms with Crippen molar-refractivity contribution in [2.45, 2.75) is 45.3 Å². The smallest absolute Gasteiger partial charge is 0.234 e. The van der Waals surface area contributed by atoms with E-state index in [0.717, 1.165) is 38.0 Å². The van der Waals surface area contributed by atoms with Gasteiger partial charge in [0.25, 0.3) is 0 Å². The van der Waals surface area contributed by atoms with Crippen molar-refractivity contribution >= 4 is 5.91 Å². The van der Waals surface area contributed by atoms with Crippen molar-refractivity contribution in [1.29, 1.82) is 0 Å². The van der Waals surface area contributed by atoms with E-state index >= 15 is 0 Å². The summed E-state index contributed by atoms with van der Waals surface area (Å²) in [6.45, 7) is 7.11. The molecule has 1 aromatic carbocycles. The molecule has 0 aromatic heterocycles. The van der Waals surface area contributed by atoms with Crippen molar-refractivity contribution in [2.24, 2.45) is 0 Å². The number of halogens is 1. The lowest BCUT2D eigenvalue weighted by Crippen LogP contribution is -2.47. The van der Waals surface area contributed by atoms with Crippen LogP contribution in [0.4, 0.5) is 4.39 Å². The minimum atomic E-state index is -0.323. The summed E-state index contributed by atoms with van der Waals surface area (Å²) in [5.74, 6) is 0.0415. The van der Waals surface area contributed by atoms with Crippen molar-refractivity contribution < 1.29 is 13.9 Å². The predicted molar refractivity (Wildman–Crippen MR) is 97.2 cm³/mol. The van der Waals surface area contributed by atoms with Gasteiger partial charge in [-0.2, -0.15) is 0 Å². The van der Waals surface area contributed by atoms with Gasteiger partial charge < -0.3 is 10.1 Å². The van der Waals surface area contributed by atoms with E-state index in [4.69, 9.17) is 4.74 Å². The number of likely N-dealkylation sites (tertiary alicyclic amines) is 1. The molecule has 2 rings (SSSR count). The van der Waals surface area contributed by atoms with Gasteiger partial charge in [0.15, 0.2) is 11.6 Å². The maximum absolute atomic E-state index is 13.8. The molecule has 1 aliphatic heterocycles. The third-order valence-corrected chi connectivity index (χ3v) is 4.85. The van der Waals surface area contributed by atoms with Gasteiger partial charge in [0.1, 0.15) is 0 Å². The molecule has 0 bridgehead atoms. The van der Waals surface area contributed by atoms with Crippen LogP contribution in [0.5, 0.6) is 5.75 Å². The van der Waals surface area contributed by atoms with Gasteiger partial charge in [-0.3, -0.25) is 14.6 Å². The van der Waals surface area contributed by atoms with Crippen molar-refractivity contribution in [1.82, 2.24) is 15.1 Å². The number of rotatable bonds is 7. The highest BCUT2D eigenvalue weighted by atomic mass is 19.1. The molecule has 6 heteroatoms. The Morgan fingerprint density at radius 3 is 2.64 bits per heavy atom. The fourth-order valence-electron chi connectivity index (χ4n) is 2.98. The third kappa shape index (κ3) is 5.97. The second kappa shape index (κ2) is 9.15. The number of carbonyl (C=O) groups is 1. The standard InChI is InChI=1S/C19H30FN3O2/c1-14(2)22(3)13-19(24)21-16-7-9-23(10-8-16)12-15-5-6-18(25-4)17(20)11-15/h5-6,11,14,16H,7-10,12-13H2,1-4H3,(H,21,24). The molecule has 1 aliphatic rings. The van der Waals surface area contributed by atoms with Gasteiger partial charge in [0, 0.05) is 31.7 Å². The van der Waals surface area contributed by atoms with Gasteiger partial charge >= 0.3 is 0 Å². The normalized spacial score (nSPS) is 16.4. The number of methoxy groups -OCH3 is 1. The SMILES string of the molecule is COc1ccc(CN2CCC(NC(=O)CN(C)C(C)C)CC2)cc1F. The number of nitrogens with zero attached hydrogens (tertiary/aromatic N) is 2. The Balaban J connectivity index is 1.76. The molecule has 25 heavy (non-hydrogen) atoms. The fraction of sp³-hybridized carbons (Fsp3) is 0.632. The summed E-state index contributed by atoms with van der Waals surface area (Å²) >= 11 is 0. The lowest BCUT2D eigenvalue weighted by atomic mass is 10.0. The molecule has 5 nitrogen and oxygen atoms in total. The third-order valence-electron chi connectivity index (χ3n) is 4.85.